The van der Waals surface area contributed by atoms with Crippen LogP contribution in [0.15, 0.2) is 0 Å². The van der Waals surface area contributed by atoms with Crippen molar-refractivity contribution in [1.82, 2.24) is 15.5 Å². The summed E-state index contributed by atoms with van der Waals surface area (Å²) in [5, 5.41) is 14.6. The van der Waals surface area contributed by atoms with Crippen LogP contribution in [0, 0.1) is 5.92 Å². The SMILES string of the molecule is CC[C@H](C)[C@H](NC(=O)C[C@@H](C)O)C(=O)N1CCC[C@H]1C(=O)N[C@@H](C)C(N)=O. The summed E-state index contributed by atoms with van der Waals surface area (Å²) in [5.41, 5.74) is 5.18. The maximum Gasteiger partial charge on any atom is 0.246 e. The first kappa shape index (κ1) is 22.9. The lowest BCUT2D eigenvalue weighted by Gasteiger charge is -2.31. The minimum absolute atomic E-state index is 0.0970. The first-order valence-corrected chi connectivity index (χ1v) is 9.46. The van der Waals surface area contributed by atoms with E-state index >= 15 is 0 Å². The van der Waals surface area contributed by atoms with Crippen molar-refractivity contribution in [2.45, 2.75) is 77.6 Å². The van der Waals surface area contributed by atoms with Gasteiger partial charge in [0.2, 0.25) is 23.6 Å². The van der Waals surface area contributed by atoms with Gasteiger partial charge in [0.25, 0.3) is 0 Å². The fraction of sp³-hybridized carbons (Fsp3) is 0.778. The zero-order chi connectivity index (χ0) is 20.7. The van der Waals surface area contributed by atoms with Crippen LogP contribution in [0.1, 0.15) is 53.4 Å². The van der Waals surface area contributed by atoms with Crippen molar-refractivity contribution >= 4 is 23.6 Å². The minimum atomic E-state index is -0.828. The number of nitrogens with zero attached hydrogens (tertiary/aromatic N) is 1. The highest BCUT2D eigenvalue weighted by atomic mass is 16.3. The summed E-state index contributed by atoms with van der Waals surface area (Å²) in [5.74, 6) is -1.95. The van der Waals surface area contributed by atoms with Crippen molar-refractivity contribution in [2.75, 3.05) is 6.54 Å². The van der Waals surface area contributed by atoms with Gasteiger partial charge in [-0.2, -0.15) is 0 Å². The van der Waals surface area contributed by atoms with E-state index in [0.29, 0.717) is 25.8 Å². The number of aliphatic hydroxyl groups is 1. The largest absolute Gasteiger partial charge is 0.393 e. The molecule has 5 N–H and O–H groups in total. The zero-order valence-corrected chi connectivity index (χ0v) is 16.5. The summed E-state index contributed by atoms with van der Waals surface area (Å²) in [4.78, 5) is 50.2. The standard InChI is InChI=1S/C18H32N4O5/c1-5-10(2)15(21-14(24)9-11(3)23)18(27)22-8-6-7-13(22)17(26)20-12(4)16(19)25/h10-13,15,23H,5-9H2,1-4H3,(H2,19,25)(H,20,26)(H,21,24)/t10-,11+,12-,13-,15-/m0/s1. The number of carbonyl (C=O) groups excluding carboxylic acids is 4. The van der Waals surface area contributed by atoms with Gasteiger partial charge < -0.3 is 26.4 Å². The molecule has 0 spiro atoms. The molecule has 1 fully saturated rings. The van der Waals surface area contributed by atoms with Gasteiger partial charge in [0, 0.05) is 6.54 Å². The number of aliphatic hydroxyl groups excluding tert-OH is 1. The molecule has 0 aromatic carbocycles. The number of carbonyl (C=O) groups is 4. The van der Waals surface area contributed by atoms with Crippen LogP contribution in [0.2, 0.25) is 0 Å². The van der Waals surface area contributed by atoms with Crippen LogP contribution < -0.4 is 16.4 Å². The lowest BCUT2D eigenvalue weighted by molar-refractivity contribution is -0.143. The fourth-order valence-electron chi connectivity index (χ4n) is 3.05. The summed E-state index contributed by atoms with van der Waals surface area (Å²) in [7, 11) is 0. The Morgan fingerprint density at radius 1 is 1.19 bits per heavy atom. The third-order valence-corrected chi connectivity index (χ3v) is 4.90. The maximum absolute atomic E-state index is 13.1. The maximum atomic E-state index is 13.1. The Kier molecular flexibility index (Phi) is 8.68. The van der Waals surface area contributed by atoms with E-state index in [1.165, 1.54) is 18.7 Å². The predicted molar refractivity (Wildman–Crippen MR) is 99.2 cm³/mol. The Bertz CT molecular complexity index is 566. The molecule has 1 aliphatic rings. The number of likely N-dealkylation sites (tertiary alicyclic amines) is 1. The van der Waals surface area contributed by atoms with Crippen LogP contribution in [0.3, 0.4) is 0 Å². The van der Waals surface area contributed by atoms with Gasteiger partial charge in [-0.3, -0.25) is 19.2 Å². The fourth-order valence-corrected chi connectivity index (χ4v) is 3.05. The summed E-state index contributed by atoms with van der Waals surface area (Å²) >= 11 is 0. The number of hydrogen-bond donors (Lipinski definition) is 4. The molecule has 27 heavy (non-hydrogen) atoms. The average molecular weight is 384 g/mol. The van der Waals surface area contributed by atoms with Gasteiger partial charge in [-0.25, -0.2) is 0 Å². The molecule has 1 aliphatic heterocycles. The number of nitrogens with one attached hydrogen (secondary N) is 2. The van der Waals surface area contributed by atoms with Gasteiger partial charge in [-0.05, 0) is 32.6 Å². The zero-order valence-electron chi connectivity index (χ0n) is 16.5. The Morgan fingerprint density at radius 3 is 2.33 bits per heavy atom. The van der Waals surface area contributed by atoms with E-state index in [-0.39, 0.29) is 18.2 Å². The van der Waals surface area contributed by atoms with Crippen LogP contribution in [-0.4, -0.2) is 64.4 Å². The van der Waals surface area contributed by atoms with Crippen molar-refractivity contribution in [3.8, 4) is 0 Å². The van der Waals surface area contributed by atoms with E-state index < -0.39 is 42.0 Å². The first-order chi connectivity index (χ1) is 12.6. The molecule has 1 heterocycles. The van der Waals surface area contributed by atoms with E-state index in [9.17, 15) is 24.3 Å². The van der Waals surface area contributed by atoms with Crippen LogP contribution in [0.5, 0.6) is 0 Å². The Hall–Kier alpha value is -2.16. The molecule has 0 saturated carbocycles. The molecule has 0 aromatic heterocycles. The number of nitrogens with two attached hydrogens (primary N) is 1. The highest BCUT2D eigenvalue weighted by Crippen LogP contribution is 2.21. The molecule has 5 atom stereocenters. The third kappa shape index (κ3) is 6.50. The second kappa shape index (κ2) is 10.2. The highest BCUT2D eigenvalue weighted by molar-refractivity contribution is 5.94. The smallest absolute Gasteiger partial charge is 0.246 e. The van der Waals surface area contributed by atoms with Crippen molar-refractivity contribution < 1.29 is 24.3 Å². The van der Waals surface area contributed by atoms with E-state index in [1.54, 1.807) is 0 Å². The van der Waals surface area contributed by atoms with Crippen LogP contribution in [0.25, 0.3) is 0 Å². The lowest BCUT2D eigenvalue weighted by atomic mass is 9.97. The van der Waals surface area contributed by atoms with Gasteiger partial charge in [0.15, 0.2) is 0 Å². The normalized spacial score (nSPS) is 21.1. The highest BCUT2D eigenvalue weighted by Gasteiger charge is 2.39. The monoisotopic (exact) mass is 384 g/mol. The first-order valence-electron chi connectivity index (χ1n) is 9.46. The molecule has 0 radical (unpaired) electrons. The van der Waals surface area contributed by atoms with E-state index in [2.05, 4.69) is 10.6 Å². The topological polar surface area (TPSA) is 142 Å². The second-order valence-electron chi connectivity index (χ2n) is 7.31. The van der Waals surface area contributed by atoms with Crippen molar-refractivity contribution in [3.05, 3.63) is 0 Å². The molecular weight excluding hydrogens is 352 g/mol. The molecule has 4 amide bonds. The van der Waals surface area contributed by atoms with Crippen molar-refractivity contribution in [3.63, 3.8) is 0 Å². The summed E-state index contributed by atoms with van der Waals surface area (Å²) < 4.78 is 0. The van der Waals surface area contributed by atoms with Gasteiger partial charge in [-0.1, -0.05) is 20.3 Å². The van der Waals surface area contributed by atoms with Crippen molar-refractivity contribution in [1.29, 1.82) is 0 Å². The number of rotatable bonds is 9. The molecule has 0 bridgehead atoms. The van der Waals surface area contributed by atoms with Crippen LogP contribution in [0.4, 0.5) is 0 Å². The Morgan fingerprint density at radius 2 is 1.81 bits per heavy atom. The van der Waals surface area contributed by atoms with E-state index in [0.717, 1.165) is 0 Å². The molecule has 1 saturated heterocycles. The van der Waals surface area contributed by atoms with Crippen LogP contribution in [-0.2, 0) is 19.2 Å². The third-order valence-electron chi connectivity index (χ3n) is 4.90. The summed E-state index contributed by atoms with van der Waals surface area (Å²) in [6, 6.07) is -2.30. The molecule has 9 nitrogen and oxygen atoms in total. The predicted octanol–water partition coefficient (Wildman–Crippen LogP) is -0.731. The lowest BCUT2D eigenvalue weighted by Crippen LogP contribution is -2.57. The number of primary amides is 1. The molecule has 0 aliphatic carbocycles. The quantitative estimate of drug-likeness (QED) is 0.415. The molecule has 154 valence electrons. The van der Waals surface area contributed by atoms with Crippen molar-refractivity contribution in [2.24, 2.45) is 11.7 Å². The minimum Gasteiger partial charge on any atom is -0.393 e. The molecule has 0 unspecified atom stereocenters. The number of hydrogen-bond acceptors (Lipinski definition) is 5. The van der Waals surface area contributed by atoms with Crippen LogP contribution >= 0.6 is 0 Å². The van der Waals surface area contributed by atoms with E-state index in [1.807, 2.05) is 13.8 Å². The average Bonchev–Trinajstić information content (AvgIpc) is 3.07. The van der Waals surface area contributed by atoms with Gasteiger partial charge in [0.1, 0.15) is 18.1 Å². The van der Waals surface area contributed by atoms with E-state index in [4.69, 9.17) is 5.73 Å². The van der Waals surface area contributed by atoms with Gasteiger partial charge in [0.05, 0.1) is 12.5 Å². The summed E-state index contributed by atoms with van der Waals surface area (Å²) in [6.45, 7) is 7.15. The molecule has 9 heteroatoms. The second-order valence-corrected chi connectivity index (χ2v) is 7.31. The van der Waals surface area contributed by atoms with Gasteiger partial charge in [-0.15, -0.1) is 0 Å². The molecular formula is C18H32N4O5. The Labute approximate surface area is 160 Å². The summed E-state index contributed by atoms with van der Waals surface area (Å²) in [6.07, 6.45) is 0.898. The molecule has 0 aromatic rings. The Balaban J connectivity index is 2.90. The molecule has 1 rings (SSSR count). The van der Waals surface area contributed by atoms with Gasteiger partial charge >= 0.3 is 0 Å². The number of amides is 4.